The molecule has 0 aliphatic carbocycles. The van der Waals surface area contributed by atoms with Crippen molar-refractivity contribution in [3.05, 3.63) is 64.4 Å². The van der Waals surface area contributed by atoms with E-state index in [1.54, 1.807) is 29.7 Å². The number of carbonyl (C=O) groups is 2. The van der Waals surface area contributed by atoms with Gasteiger partial charge in [-0.1, -0.05) is 0 Å². The van der Waals surface area contributed by atoms with Crippen molar-refractivity contribution in [2.75, 3.05) is 13.1 Å². The highest BCUT2D eigenvalue weighted by Crippen LogP contribution is 2.27. The summed E-state index contributed by atoms with van der Waals surface area (Å²) in [5.41, 5.74) is 3.18. The van der Waals surface area contributed by atoms with Crippen LogP contribution in [0.2, 0.25) is 0 Å². The number of rotatable bonds is 4. The first-order valence-corrected chi connectivity index (χ1v) is 10.5. The van der Waals surface area contributed by atoms with Gasteiger partial charge in [0, 0.05) is 47.5 Å². The van der Waals surface area contributed by atoms with Crippen molar-refractivity contribution in [2.45, 2.75) is 26.7 Å². The fourth-order valence-corrected chi connectivity index (χ4v) is 4.73. The van der Waals surface area contributed by atoms with E-state index in [0.29, 0.717) is 37.1 Å². The number of hydrogen-bond donors (Lipinski definition) is 1. The lowest BCUT2D eigenvalue weighted by Crippen LogP contribution is -2.40. The number of Topliss-reactive ketones (excluding diaryl/α,β-unsaturated/α-hetero) is 1. The molecule has 0 radical (unpaired) electrons. The predicted octanol–water partition coefficient (Wildman–Crippen LogP) is 3.99. The fourth-order valence-electron chi connectivity index (χ4n) is 3.98. The Labute approximate surface area is 173 Å². The molecule has 7 heteroatoms. The third-order valence-electron chi connectivity index (χ3n) is 5.58. The number of thiazole rings is 1. The molecule has 1 aliphatic rings. The maximum atomic E-state index is 13.1. The number of nitrogens with zero attached hydrogens (tertiary/aromatic N) is 3. The van der Waals surface area contributed by atoms with Gasteiger partial charge in [-0.15, -0.1) is 11.3 Å². The molecule has 1 fully saturated rings. The molecular weight excluding hydrogens is 386 g/mol. The number of benzene rings is 1. The predicted molar refractivity (Wildman–Crippen MR) is 112 cm³/mol. The monoisotopic (exact) mass is 409 g/mol. The van der Waals surface area contributed by atoms with E-state index in [1.165, 1.54) is 12.1 Å². The van der Waals surface area contributed by atoms with E-state index in [2.05, 4.69) is 4.98 Å². The van der Waals surface area contributed by atoms with Gasteiger partial charge >= 0.3 is 0 Å². The van der Waals surface area contributed by atoms with Gasteiger partial charge in [0.25, 0.3) is 5.91 Å². The van der Waals surface area contributed by atoms with Crippen LogP contribution in [0.1, 0.15) is 44.9 Å². The van der Waals surface area contributed by atoms with E-state index >= 15 is 0 Å². The van der Waals surface area contributed by atoms with Crippen molar-refractivity contribution >= 4 is 23.0 Å². The molecule has 2 aromatic heterocycles. The van der Waals surface area contributed by atoms with E-state index in [1.807, 2.05) is 34.8 Å². The smallest absolute Gasteiger partial charge is 0.255 e. The lowest BCUT2D eigenvalue weighted by molar-refractivity contribution is 0.0649. The highest BCUT2D eigenvalue weighted by molar-refractivity contribution is 7.12. The van der Waals surface area contributed by atoms with Gasteiger partial charge < -0.3 is 10.0 Å². The standard InChI is InChI=1S/C22H23N3O3S/c1-14-13-19(15(2)25(14)22-23-9-12-29-22)21(28)24-10-7-17(8-11-24)20(27)16-3-5-18(26)6-4-16/h3-6,9,12-13,17,26H,7-8,10-11H2,1-2H3. The number of aromatic nitrogens is 2. The van der Waals surface area contributed by atoms with Crippen LogP contribution >= 0.6 is 11.3 Å². The molecule has 6 nitrogen and oxygen atoms in total. The van der Waals surface area contributed by atoms with Gasteiger partial charge in [0.1, 0.15) is 5.75 Å². The zero-order valence-corrected chi connectivity index (χ0v) is 17.3. The third kappa shape index (κ3) is 3.70. The molecule has 0 unspecified atom stereocenters. The maximum absolute atomic E-state index is 13.1. The minimum atomic E-state index is -0.0913. The highest BCUT2D eigenvalue weighted by atomic mass is 32.1. The number of phenols is 1. The molecule has 1 amide bonds. The van der Waals surface area contributed by atoms with Gasteiger partial charge in [0.05, 0.1) is 5.56 Å². The lowest BCUT2D eigenvalue weighted by atomic mass is 9.88. The minimum Gasteiger partial charge on any atom is -0.508 e. The van der Waals surface area contributed by atoms with Crippen LogP contribution in [0.25, 0.3) is 5.13 Å². The number of hydrogen-bond acceptors (Lipinski definition) is 5. The normalized spacial score (nSPS) is 14.9. The molecule has 0 atom stereocenters. The van der Waals surface area contributed by atoms with Crippen molar-refractivity contribution in [3.63, 3.8) is 0 Å². The summed E-state index contributed by atoms with van der Waals surface area (Å²) in [5, 5.41) is 12.2. The molecular formula is C22H23N3O3S. The number of carbonyl (C=O) groups excluding carboxylic acids is 2. The van der Waals surface area contributed by atoms with Crippen molar-refractivity contribution in [3.8, 4) is 10.9 Å². The third-order valence-corrected chi connectivity index (χ3v) is 6.33. The average Bonchev–Trinajstić information content (AvgIpc) is 3.35. The minimum absolute atomic E-state index is 0.0106. The quantitative estimate of drug-likeness (QED) is 0.661. The Morgan fingerprint density at radius 1 is 1.14 bits per heavy atom. The van der Waals surface area contributed by atoms with Gasteiger partial charge in [0.2, 0.25) is 0 Å². The zero-order chi connectivity index (χ0) is 20.5. The van der Waals surface area contributed by atoms with Gasteiger partial charge in [-0.05, 0) is 57.0 Å². The SMILES string of the molecule is Cc1cc(C(=O)N2CCC(C(=O)c3ccc(O)cc3)CC2)c(C)n1-c1nccs1. The van der Waals surface area contributed by atoms with Crippen LogP contribution < -0.4 is 0 Å². The molecule has 1 saturated heterocycles. The summed E-state index contributed by atoms with van der Waals surface area (Å²) in [7, 11) is 0. The number of likely N-dealkylation sites (tertiary alicyclic amines) is 1. The molecule has 3 aromatic rings. The van der Waals surface area contributed by atoms with Crippen molar-refractivity contribution in [1.82, 2.24) is 14.5 Å². The van der Waals surface area contributed by atoms with Gasteiger partial charge in [-0.3, -0.25) is 14.2 Å². The van der Waals surface area contributed by atoms with Crippen molar-refractivity contribution in [1.29, 1.82) is 0 Å². The lowest BCUT2D eigenvalue weighted by Gasteiger charge is -2.31. The first kappa shape index (κ1) is 19.4. The molecule has 4 rings (SSSR count). The van der Waals surface area contributed by atoms with E-state index in [0.717, 1.165) is 16.5 Å². The number of piperidine rings is 1. The molecule has 0 saturated carbocycles. The highest BCUT2D eigenvalue weighted by Gasteiger charge is 2.30. The van der Waals surface area contributed by atoms with Crippen LogP contribution in [0.3, 0.4) is 0 Å². The van der Waals surface area contributed by atoms with Crippen LogP contribution in [0, 0.1) is 19.8 Å². The average molecular weight is 410 g/mol. The molecule has 1 aliphatic heterocycles. The van der Waals surface area contributed by atoms with E-state index in [-0.39, 0.29) is 23.4 Å². The summed E-state index contributed by atoms with van der Waals surface area (Å²) in [6.45, 7) is 5.05. The molecule has 150 valence electrons. The van der Waals surface area contributed by atoms with E-state index < -0.39 is 0 Å². The summed E-state index contributed by atoms with van der Waals surface area (Å²) in [6.07, 6.45) is 3.06. The van der Waals surface area contributed by atoms with E-state index in [4.69, 9.17) is 0 Å². The first-order chi connectivity index (χ1) is 14.0. The Kier molecular flexibility index (Phi) is 5.24. The number of phenolic OH excluding ortho intramolecular Hbond substituents is 1. The molecule has 0 bridgehead atoms. The number of amides is 1. The van der Waals surface area contributed by atoms with E-state index in [9.17, 15) is 14.7 Å². The van der Waals surface area contributed by atoms with Crippen LogP contribution in [0.5, 0.6) is 5.75 Å². The van der Waals surface area contributed by atoms with Gasteiger partial charge in [-0.2, -0.15) is 0 Å². The number of ketones is 1. The number of aryl methyl sites for hydroxylation is 1. The molecule has 3 heterocycles. The van der Waals surface area contributed by atoms with Crippen LogP contribution in [0.4, 0.5) is 0 Å². The summed E-state index contributed by atoms with van der Waals surface area (Å²) in [4.78, 5) is 32.0. The second kappa shape index (κ2) is 7.83. The summed E-state index contributed by atoms with van der Waals surface area (Å²) < 4.78 is 2.01. The summed E-state index contributed by atoms with van der Waals surface area (Å²) in [5.74, 6) is 0.152. The second-order valence-corrected chi connectivity index (χ2v) is 8.29. The van der Waals surface area contributed by atoms with Crippen LogP contribution in [-0.2, 0) is 0 Å². The molecule has 29 heavy (non-hydrogen) atoms. The number of aromatic hydroxyl groups is 1. The maximum Gasteiger partial charge on any atom is 0.255 e. The van der Waals surface area contributed by atoms with Crippen molar-refractivity contribution < 1.29 is 14.7 Å². The Morgan fingerprint density at radius 2 is 1.83 bits per heavy atom. The fraction of sp³-hybridized carbons (Fsp3) is 0.318. The molecule has 1 N–H and O–H groups in total. The Hall–Kier alpha value is -2.93. The Balaban J connectivity index is 1.45. The van der Waals surface area contributed by atoms with Crippen molar-refractivity contribution in [2.24, 2.45) is 5.92 Å². The van der Waals surface area contributed by atoms with Gasteiger partial charge in [0.15, 0.2) is 10.9 Å². The zero-order valence-electron chi connectivity index (χ0n) is 16.5. The summed E-state index contributed by atoms with van der Waals surface area (Å²) >= 11 is 1.54. The Bertz CT molecular complexity index is 1030. The first-order valence-electron chi connectivity index (χ1n) is 9.67. The second-order valence-electron chi connectivity index (χ2n) is 7.41. The largest absolute Gasteiger partial charge is 0.508 e. The summed E-state index contributed by atoms with van der Waals surface area (Å²) in [6, 6.07) is 8.30. The van der Waals surface area contributed by atoms with Crippen LogP contribution in [-0.4, -0.2) is 44.3 Å². The topological polar surface area (TPSA) is 75.4 Å². The molecule has 1 aromatic carbocycles. The molecule has 0 spiro atoms. The Morgan fingerprint density at radius 3 is 2.45 bits per heavy atom. The van der Waals surface area contributed by atoms with Gasteiger partial charge in [-0.25, -0.2) is 4.98 Å². The van der Waals surface area contributed by atoms with Crippen LogP contribution in [0.15, 0.2) is 41.9 Å².